The number of carbonyl (C=O) groups is 1. The molecule has 1 aromatic carbocycles. The number of aryl methyl sites for hydroxylation is 2. The fourth-order valence-electron chi connectivity index (χ4n) is 1.87. The molecule has 1 unspecified atom stereocenters. The molecule has 1 atom stereocenters. The van der Waals surface area contributed by atoms with Gasteiger partial charge >= 0.3 is 5.97 Å². The third kappa shape index (κ3) is 3.47. The first kappa shape index (κ1) is 13.9. The van der Waals surface area contributed by atoms with E-state index >= 15 is 0 Å². The molecule has 1 aliphatic carbocycles. The Hall–Kier alpha value is -1.55. The van der Waals surface area contributed by atoms with Crippen molar-refractivity contribution in [2.24, 2.45) is 0 Å². The highest BCUT2D eigenvalue weighted by Crippen LogP contribution is 2.24. The summed E-state index contributed by atoms with van der Waals surface area (Å²) >= 11 is 0. The van der Waals surface area contributed by atoms with Crippen LogP contribution in [0.15, 0.2) is 18.2 Å². The van der Waals surface area contributed by atoms with E-state index in [0.717, 1.165) is 18.4 Å². The predicted molar refractivity (Wildman–Crippen MR) is 73.6 cm³/mol. The number of nitrogens with one attached hydrogen (secondary N) is 1. The molecule has 0 saturated heterocycles. The number of carboxylic acid groups (broad SMARTS) is 1. The Kier molecular flexibility index (Phi) is 3.80. The Bertz CT molecular complexity index is 482. The van der Waals surface area contributed by atoms with Crippen molar-refractivity contribution < 1.29 is 14.6 Å². The Labute approximate surface area is 113 Å². The molecule has 2 rings (SSSR count). The van der Waals surface area contributed by atoms with E-state index in [1.807, 2.05) is 32.0 Å². The van der Waals surface area contributed by atoms with Crippen LogP contribution in [0.5, 0.6) is 5.75 Å². The van der Waals surface area contributed by atoms with Crippen LogP contribution in [0.1, 0.15) is 30.9 Å². The minimum Gasteiger partial charge on any atom is -0.491 e. The molecule has 0 aliphatic heterocycles. The first-order valence-electron chi connectivity index (χ1n) is 6.62. The maximum Gasteiger partial charge on any atom is 0.327 e. The average Bonchev–Trinajstić information content (AvgIpc) is 3.14. The van der Waals surface area contributed by atoms with Crippen molar-refractivity contribution in [3.05, 3.63) is 29.3 Å². The van der Waals surface area contributed by atoms with Crippen molar-refractivity contribution in [3.63, 3.8) is 0 Å². The standard InChI is InChI=1S/C15H21NO3/c1-10-4-7-13(8-11(10)2)19-9-15(3,14(17)18)16-12-5-6-12/h4,7-8,12,16H,5-6,9H2,1-3H3,(H,17,18). The van der Waals surface area contributed by atoms with Crippen LogP contribution in [0.2, 0.25) is 0 Å². The van der Waals surface area contributed by atoms with E-state index in [0.29, 0.717) is 11.8 Å². The summed E-state index contributed by atoms with van der Waals surface area (Å²) in [5.74, 6) is -0.156. The summed E-state index contributed by atoms with van der Waals surface area (Å²) in [6.07, 6.45) is 2.10. The van der Waals surface area contributed by atoms with Crippen LogP contribution in [0.25, 0.3) is 0 Å². The van der Waals surface area contributed by atoms with Crippen LogP contribution in [0.4, 0.5) is 0 Å². The van der Waals surface area contributed by atoms with E-state index in [4.69, 9.17) is 4.74 Å². The van der Waals surface area contributed by atoms with Crippen LogP contribution in [-0.4, -0.2) is 29.3 Å². The Morgan fingerprint density at radius 1 is 1.42 bits per heavy atom. The van der Waals surface area contributed by atoms with Gasteiger partial charge in [0.25, 0.3) is 0 Å². The summed E-state index contributed by atoms with van der Waals surface area (Å²) in [5.41, 5.74) is 1.31. The van der Waals surface area contributed by atoms with Gasteiger partial charge in [-0.3, -0.25) is 10.1 Å². The van der Waals surface area contributed by atoms with Gasteiger partial charge in [-0.15, -0.1) is 0 Å². The number of hydrogen-bond donors (Lipinski definition) is 2. The van der Waals surface area contributed by atoms with Crippen LogP contribution < -0.4 is 10.1 Å². The molecule has 19 heavy (non-hydrogen) atoms. The van der Waals surface area contributed by atoms with Gasteiger partial charge in [0.15, 0.2) is 0 Å². The molecule has 1 aliphatic rings. The molecule has 2 N–H and O–H groups in total. The minimum absolute atomic E-state index is 0.126. The zero-order chi connectivity index (χ0) is 14.0. The molecule has 1 saturated carbocycles. The first-order chi connectivity index (χ1) is 8.90. The molecule has 0 radical (unpaired) electrons. The summed E-state index contributed by atoms with van der Waals surface area (Å²) < 4.78 is 5.65. The smallest absolute Gasteiger partial charge is 0.327 e. The number of ether oxygens (including phenoxy) is 1. The summed E-state index contributed by atoms with van der Waals surface area (Å²) in [4.78, 5) is 11.4. The number of benzene rings is 1. The van der Waals surface area contributed by atoms with Crippen molar-refractivity contribution in [3.8, 4) is 5.75 Å². The quantitative estimate of drug-likeness (QED) is 0.826. The second-order valence-electron chi connectivity index (χ2n) is 5.59. The van der Waals surface area contributed by atoms with Crippen LogP contribution in [-0.2, 0) is 4.79 Å². The van der Waals surface area contributed by atoms with Gasteiger partial charge in [-0.05, 0) is 56.9 Å². The molecule has 0 heterocycles. The van der Waals surface area contributed by atoms with Gasteiger partial charge < -0.3 is 9.84 Å². The highest BCUT2D eigenvalue weighted by molar-refractivity contribution is 5.78. The second-order valence-corrected chi connectivity index (χ2v) is 5.59. The van der Waals surface area contributed by atoms with Crippen molar-refractivity contribution in [1.82, 2.24) is 5.32 Å². The van der Waals surface area contributed by atoms with Crippen molar-refractivity contribution >= 4 is 5.97 Å². The van der Waals surface area contributed by atoms with Gasteiger partial charge in [-0.1, -0.05) is 6.07 Å². The molecule has 4 nitrogen and oxygen atoms in total. The molecule has 0 bridgehead atoms. The van der Waals surface area contributed by atoms with E-state index < -0.39 is 11.5 Å². The van der Waals surface area contributed by atoms with Gasteiger partial charge in [0.05, 0.1) is 0 Å². The van der Waals surface area contributed by atoms with Crippen molar-refractivity contribution in [2.45, 2.75) is 45.2 Å². The van der Waals surface area contributed by atoms with Crippen LogP contribution in [0, 0.1) is 13.8 Å². The summed E-state index contributed by atoms with van der Waals surface area (Å²) in [5, 5.41) is 12.5. The largest absolute Gasteiger partial charge is 0.491 e. The molecular formula is C15H21NO3. The lowest BCUT2D eigenvalue weighted by atomic mass is 10.0. The number of rotatable bonds is 6. The fourth-order valence-corrected chi connectivity index (χ4v) is 1.87. The molecule has 0 amide bonds. The lowest BCUT2D eigenvalue weighted by molar-refractivity contribution is -0.145. The Morgan fingerprint density at radius 3 is 2.63 bits per heavy atom. The molecular weight excluding hydrogens is 242 g/mol. The molecule has 0 aromatic heterocycles. The van der Waals surface area contributed by atoms with E-state index in [-0.39, 0.29) is 6.61 Å². The van der Waals surface area contributed by atoms with Gasteiger partial charge in [-0.2, -0.15) is 0 Å². The first-order valence-corrected chi connectivity index (χ1v) is 6.62. The molecule has 0 spiro atoms. The molecule has 1 aromatic rings. The summed E-state index contributed by atoms with van der Waals surface area (Å²) in [6, 6.07) is 6.12. The van der Waals surface area contributed by atoms with Crippen molar-refractivity contribution in [2.75, 3.05) is 6.61 Å². The van der Waals surface area contributed by atoms with Crippen molar-refractivity contribution in [1.29, 1.82) is 0 Å². The van der Waals surface area contributed by atoms with Crippen LogP contribution >= 0.6 is 0 Å². The third-order valence-electron chi connectivity index (χ3n) is 3.58. The zero-order valence-corrected chi connectivity index (χ0v) is 11.7. The van der Waals surface area contributed by atoms with E-state index in [2.05, 4.69) is 5.32 Å². The second kappa shape index (κ2) is 5.21. The topological polar surface area (TPSA) is 58.6 Å². The maximum absolute atomic E-state index is 11.4. The lowest BCUT2D eigenvalue weighted by Gasteiger charge is -2.26. The molecule has 104 valence electrons. The highest BCUT2D eigenvalue weighted by atomic mass is 16.5. The number of aliphatic carboxylic acids is 1. The predicted octanol–water partition coefficient (Wildman–Crippen LogP) is 2.28. The Balaban J connectivity index is 2.01. The minimum atomic E-state index is -1.03. The highest BCUT2D eigenvalue weighted by Gasteiger charge is 2.39. The summed E-state index contributed by atoms with van der Waals surface area (Å²) in [6.45, 7) is 5.85. The number of hydrogen-bond acceptors (Lipinski definition) is 3. The van der Waals surface area contributed by atoms with Gasteiger partial charge in [0, 0.05) is 6.04 Å². The maximum atomic E-state index is 11.4. The third-order valence-corrected chi connectivity index (χ3v) is 3.58. The van der Waals surface area contributed by atoms with Crippen LogP contribution in [0.3, 0.4) is 0 Å². The zero-order valence-electron chi connectivity index (χ0n) is 11.7. The fraction of sp³-hybridized carbons (Fsp3) is 0.533. The molecule has 4 heteroatoms. The van der Waals surface area contributed by atoms with Gasteiger partial charge in [-0.25, -0.2) is 0 Å². The average molecular weight is 263 g/mol. The van der Waals surface area contributed by atoms with E-state index in [1.54, 1.807) is 6.92 Å². The SMILES string of the molecule is Cc1ccc(OCC(C)(NC2CC2)C(=O)O)cc1C. The lowest BCUT2D eigenvalue weighted by Crippen LogP contribution is -2.54. The van der Waals surface area contributed by atoms with Gasteiger partial charge in [0.2, 0.25) is 0 Å². The van der Waals surface area contributed by atoms with E-state index in [9.17, 15) is 9.90 Å². The monoisotopic (exact) mass is 263 g/mol. The van der Waals surface area contributed by atoms with Gasteiger partial charge in [0.1, 0.15) is 17.9 Å². The summed E-state index contributed by atoms with van der Waals surface area (Å²) in [7, 11) is 0. The number of carboxylic acids is 1. The molecule has 1 fully saturated rings. The van der Waals surface area contributed by atoms with E-state index in [1.165, 1.54) is 5.56 Å². The Morgan fingerprint density at radius 2 is 2.11 bits per heavy atom. The normalized spacial score (nSPS) is 17.8.